The monoisotopic (exact) mass is 302 g/mol. The smallest absolute Gasteiger partial charge is 0.233 e. The van der Waals surface area contributed by atoms with E-state index in [0.29, 0.717) is 5.13 Å². The molecule has 1 heterocycles. The van der Waals surface area contributed by atoms with Crippen LogP contribution in [0.2, 0.25) is 0 Å². The molecule has 0 spiro atoms. The maximum absolute atomic E-state index is 12.5. The molecular formula is C17H22N2OS. The lowest BCUT2D eigenvalue weighted by Crippen LogP contribution is -2.21. The molecule has 0 aliphatic rings. The van der Waals surface area contributed by atoms with Gasteiger partial charge in [0.05, 0.1) is 11.6 Å². The Bertz CT molecular complexity index is 599. The molecule has 0 fully saturated rings. The molecule has 3 nitrogen and oxygen atoms in total. The molecule has 4 heteroatoms. The number of thiazole rings is 1. The molecule has 0 aliphatic heterocycles. The lowest BCUT2D eigenvalue weighted by atomic mass is 9.93. The van der Waals surface area contributed by atoms with Crippen LogP contribution < -0.4 is 5.32 Å². The van der Waals surface area contributed by atoms with Gasteiger partial charge < -0.3 is 5.32 Å². The largest absolute Gasteiger partial charge is 0.301 e. The van der Waals surface area contributed by atoms with Crippen LogP contribution >= 0.6 is 11.3 Å². The van der Waals surface area contributed by atoms with E-state index in [-0.39, 0.29) is 17.2 Å². The molecule has 21 heavy (non-hydrogen) atoms. The van der Waals surface area contributed by atoms with Gasteiger partial charge in [-0.25, -0.2) is 4.98 Å². The number of carbonyl (C=O) groups excluding carboxylic acids is 1. The molecule has 1 aromatic carbocycles. The fourth-order valence-corrected chi connectivity index (χ4v) is 3.07. The number of aromatic nitrogens is 1. The van der Waals surface area contributed by atoms with Crippen LogP contribution in [0, 0.1) is 0 Å². The van der Waals surface area contributed by atoms with Crippen LogP contribution in [0.1, 0.15) is 51.3 Å². The Morgan fingerprint density at radius 1 is 1.29 bits per heavy atom. The highest BCUT2D eigenvalue weighted by atomic mass is 32.1. The van der Waals surface area contributed by atoms with Crippen LogP contribution in [-0.4, -0.2) is 10.9 Å². The van der Waals surface area contributed by atoms with E-state index in [1.165, 1.54) is 11.3 Å². The molecule has 1 N–H and O–H groups in total. The highest BCUT2D eigenvalue weighted by molar-refractivity contribution is 7.14. The van der Waals surface area contributed by atoms with E-state index in [0.717, 1.165) is 17.7 Å². The van der Waals surface area contributed by atoms with Crippen LogP contribution in [0.15, 0.2) is 35.7 Å². The third kappa shape index (κ3) is 3.91. The van der Waals surface area contributed by atoms with Gasteiger partial charge in [0.25, 0.3) is 0 Å². The summed E-state index contributed by atoms with van der Waals surface area (Å²) in [7, 11) is 0. The van der Waals surface area contributed by atoms with Crippen LogP contribution in [0.25, 0.3) is 0 Å². The second-order valence-electron chi connectivity index (χ2n) is 6.15. The average molecular weight is 302 g/mol. The fourth-order valence-electron chi connectivity index (χ4n) is 2.13. The van der Waals surface area contributed by atoms with Crippen LogP contribution in [0.4, 0.5) is 5.13 Å². The maximum Gasteiger partial charge on any atom is 0.233 e. The Kier molecular flexibility index (Phi) is 4.78. The zero-order chi connectivity index (χ0) is 15.5. The van der Waals surface area contributed by atoms with Crippen molar-refractivity contribution in [2.45, 2.75) is 45.4 Å². The number of rotatable bonds is 4. The molecule has 2 aromatic rings. The predicted molar refractivity (Wildman–Crippen MR) is 88.9 cm³/mol. The third-order valence-electron chi connectivity index (χ3n) is 3.43. The SMILES string of the molecule is CC[C@@H](C(=O)Nc1nc(C(C)(C)C)cs1)c1ccccc1. The Balaban J connectivity index is 2.11. The average Bonchev–Trinajstić information content (AvgIpc) is 2.89. The van der Waals surface area contributed by atoms with Crippen molar-refractivity contribution in [3.05, 3.63) is 47.0 Å². The number of hydrogen-bond acceptors (Lipinski definition) is 3. The lowest BCUT2D eigenvalue weighted by molar-refractivity contribution is -0.117. The van der Waals surface area contributed by atoms with Crippen LogP contribution in [0.5, 0.6) is 0 Å². The van der Waals surface area contributed by atoms with Gasteiger partial charge in [-0.15, -0.1) is 11.3 Å². The van der Waals surface area contributed by atoms with Gasteiger partial charge in [0.15, 0.2) is 5.13 Å². The molecule has 0 bridgehead atoms. The van der Waals surface area contributed by atoms with E-state index in [1.807, 2.05) is 42.6 Å². The van der Waals surface area contributed by atoms with E-state index in [2.05, 4.69) is 31.1 Å². The first-order valence-corrected chi connectivity index (χ1v) is 8.11. The molecule has 0 aliphatic carbocycles. The fraction of sp³-hybridized carbons (Fsp3) is 0.412. The molecule has 1 amide bonds. The number of nitrogens with one attached hydrogen (secondary N) is 1. The summed E-state index contributed by atoms with van der Waals surface area (Å²) in [6.45, 7) is 8.38. The second kappa shape index (κ2) is 6.39. The number of anilines is 1. The van der Waals surface area contributed by atoms with Gasteiger partial charge in [-0.3, -0.25) is 4.79 Å². The maximum atomic E-state index is 12.5. The van der Waals surface area contributed by atoms with Gasteiger partial charge in [-0.1, -0.05) is 58.0 Å². The van der Waals surface area contributed by atoms with E-state index in [4.69, 9.17) is 0 Å². The summed E-state index contributed by atoms with van der Waals surface area (Å²) in [4.78, 5) is 17.0. The minimum atomic E-state index is -0.131. The van der Waals surface area contributed by atoms with Crippen molar-refractivity contribution < 1.29 is 4.79 Å². The Labute approximate surface area is 130 Å². The first kappa shape index (κ1) is 15.7. The third-order valence-corrected chi connectivity index (χ3v) is 4.19. The first-order chi connectivity index (χ1) is 9.91. The highest BCUT2D eigenvalue weighted by Crippen LogP contribution is 2.28. The van der Waals surface area contributed by atoms with Crippen molar-refractivity contribution in [1.29, 1.82) is 0 Å². The van der Waals surface area contributed by atoms with Crippen molar-refractivity contribution in [2.24, 2.45) is 0 Å². The topological polar surface area (TPSA) is 42.0 Å². The predicted octanol–water partition coefficient (Wildman–Crippen LogP) is 4.57. The molecule has 112 valence electrons. The van der Waals surface area contributed by atoms with Gasteiger partial charge in [0.1, 0.15) is 0 Å². The Morgan fingerprint density at radius 3 is 2.48 bits per heavy atom. The minimum absolute atomic E-state index is 0.00304. The highest BCUT2D eigenvalue weighted by Gasteiger charge is 2.21. The molecule has 0 unspecified atom stereocenters. The number of carbonyl (C=O) groups is 1. The standard InChI is InChI=1S/C17H22N2OS/c1-5-13(12-9-7-6-8-10-12)15(20)19-16-18-14(11-21-16)17(2,3)4/h6-11,13H,5H2,1-4H3,(H,18,19,20)/t13-/m1/s1. The van der Waals surface area contributed by atoms with Crippen molar-refractivity contribution in [1.82, 2.24) is 4.98 Å². The molecule has 0 saturated carbocycles. The van der Waals surface area contributed by atoms with E-state index in [1.54, 1.807) is 0 Å². The molecule has 1 aromatic heterocycles. The van der Waals surface area contributed by atoms with Crippen molar-refractivity contribution in [2.75, 3.05) is 5.32 Å². The van der Waals surface area contributed by atoms with Crippen LogP contribution in [-0.2, 0) is 10.2 Å². The Hall–Kier alpha value is -1.68. The quantitative estimate of drug-likeness (QED) is 0.898. The lowest BCUT2D eigenvalue weighted by Gasteiger charge is -2.15. The van der Waals surface area contributed by atoms with Crippen LogP contribution in [0.3, 0.4) is 0 Å². The number of benzene rings is 1. The van der Waals surface area contributed by atoms with E-state index < -0.39 is 0 Å². The summed E-state index contributed by atoms with van der Waals surface area (Å²) in [5, 5.41) is 5.65. The molecule has 0 radical (unpaired) electrons. The van der Waals surface area contributed by atoms with Gasteiger partial charge >= 0.3 is 0 Å². The molecule has 0 saturated heterocycles. The second-order valence-corrected chi connectivity index (χ2v) is 7.01. The van der Waals surface area contributed by atoms with Gasteiger partial charge in [-0.2, -0.15) is 0 Å². The van der Waals surface area contributed by atoms with Gasteiger partial charge in [0, 0.05) is 10.8 Å². The number of amides is 1. The van der Waals surface area contributed by atoms with Gasteiger partial charge in [0.2, 0.25) is 5.91 Å². The van der Waals surface area contributed by atoms with Gasteiger partial charge in [-0.05, 0) is 12.0 Å². The summed E-state index contributed by atoms with van der Waals surface area (Å²) in [5.41, 5.74) is 2.06. The number of nitrogens with zero attached hydrogens (tertiary/aromatic N) is 1. The molecular weight excluding hydrogens is 280 g/mol. The summed E-state index contributed by atoms with van der Waals surface area (Å²) < 4.78 is 0. The molecule has 2 rings (SSSR count). The molecule has 1 atom stereocenters. The van der Waals surface area contributed by atoms with Crippen molar-refractivity contribution in [3.63, 3.8) is 0 Å². The van der Waals surface area contributed by atoms with E-state index >= 15 is 0 Å². The zero-order valence-corrected chi connectivity index (χ0v) is 13.8. The summed E-state index contributed by atoms with van der Waals surface area (Å²) in [6.07, 6.45) is 0.771. The Morgan fingerprint density at radius 2 is 1.95 bits per heavy atom. The normalized spacial score (nSPS) is 13.0. The summed E-state index contributed by atoms with van der Waals surface area (Å²) >= 11 is 1.48. The van der Waals surface area contributed by atoms with Crippen molar-refractivity contribution >= 4 is 22.4 Å². The zero-order valence-electron chi connectivity index (χ0n) is 13.0. The first-order valence-electron chi connectivity index (χ1n) is 7.23. The number of hydrogen-bond donors (Lipinski definition) is 1. The summed E-state index contributed by atoms with van der Waals surface area (Å²) in [5.74, 6) is -0.119. The van der Waals surface area contributed by atoms with Crippen molar-refractivity contribution in [3.8, 4) is 0 Å². The summed E-state index contributed by atoms with van der Waals surface area (Å²) in [6, 6.07) is 9.88. The van der Waals surface area contributed by atoms with E-state index in [9.17, 15) is 4.79 Å². The minimum Gasteiger partial charge on any atom is -0.301 e.